The Bertz CT molecular complexity index is 673. The molecule has 1 aliphatic rings. The van der Waals surface area contributed by atoms with Gasteiger partial charge in [-0.2, -0.15) is 0 Å². The van der Waals surface area contributed by atoms with Crippen molar-refractivity contribution in [1.29, 1.82) is 0 Å². The number of hydrogen-bond donors (Lipinski definition) is 1. The summed E-state index contributed by atoms with van der Waals surface area (Å²) >= 11 is 0. The van der Waals surface area contributed by atoms with E-state index >= 15 is 0 Å². The lowest BCUT2D eigenvalue weighted by Gasteiger charge is -2.19. The topological polar surface area (TPSA) is 64.4 Å². The van der Waals surface area contributed by atoms with Crippen LogP contribution in [-0.2, 0) is 4.74 Å². The minimum absolute atomic E-state index is 0.242. The molecule has 1 saturated carbocycles. The first-order chi connectivity index (χ1) is 10.2. The largest absolute Gasteiger partial charge is 0.478 e. The molecule has 1 aromatic carbocycles. The second-order valence-corrected chi connectivity index (χ2v) is 5.64. The quantitative estimate of drug-likeness (QED) is 0.886. The van der Waals surface area contributed by atoms with Crippen molar-refractivity contribution >= 4 is 17.0 Å². The highest BCUT2D eigenvalue weighted by atomic mass is 16.5. The second kappa shape index (κ2) is 5.48. The smallest absolute Gasteiger partial charge is 0.335 e. The van der Waals surface area contributed by atoms with Gasteiger partial charge in [-0.25, -0.2) is 9.78 Å². The summed E-state index contributed by atoms with van der Waals surface area (Å²) in [6.45, 7) is 2.78. The highest BCUT2D eigenvalue weighted by Gasteiger charge is 2.31. The van der Waals surface area contributed by atoms with E-state index in [0.717, 1.165) is 23.3 Å². The molecule has 1 heterocycles. The number of aromatic carboxylic acids is 1. The lowest BCUT2D eigenvalue weighted by molar-refractivity contribution is 0.0697. The lowest BCUT2D eigenvalue weighted by atomic mass is 10.1. The maximum Gasteiger partial charge on any atom is 0.335 e. The van der Waals surface area contributed by atoms with E-state index in [9.17, 15) is 4.79 Å². The molecule has 2 aromatic rings. The number of aromatic nitrogens is 2. The van der Waals surface area contributed by atoms with Crippen LogP contribution in [0.3, 0.4) is 0 Å². The van der Waals surface area contributed by atoms with Gasteiger partial charge < -0.3 is 14.4 Å². The maximum absolute atomic E-state index is 11.1. The molecule has 0 amide bonds. The van der Waals surface area contributed by atoms with Crippen molar-refractivity contribution in [2.24, 2.45) is 0 Å². The summed E-state index contributed by atoms with van der Waals surface area (Å²) in [5.41, 5.74) is 2.06. The third-order valence-electron chi connectivity index (χ3n) is 4.10. The van der Waals surface area contributed by atoms with Crippen molar-refractivity contribution in [3.8, 4) is 0 Å². The first kappa shape index (κ1) is 14.1. The highest BCUT2D eigenvalue weighted by molar-refractivity contribution is 5.92. The zero-order valence-corrected chi connectivity index (χ0v) is 12.4. The molecule has 0 spiro atoms. The SMILES string of the molecule is CCC(COC)n1c(C2CC2)nc2cc(C(=O)O)ccc21. The summed E-state index contributed by atoms with van der Waals surface area (Å²) in [5, 5.41) is 9.13. The van der Waals surface area contributed by atoms with Gasteiger partial charge in [0, 0.05) is 13.0 Å². The molecule has 5 nitrogen and oxygen atoms in total. The van der Waals surface area contributed by atoms with Crippen LogP contribution in [0.4, 0.5) is 0 Å². The van der Waals surface area contributed by atoms with Gasteiger partial charge in [0.1, 0.15) is 5.82 Å². The first-order valence-corrected chi connectivity index (χ1v) is 7.39. The Kier molecular flexibility index (Phi) is 3.68. The highest BCUT2D eigenvalue weighted by Crippen LogP contribution is 2.42. The molecule has 0 radical (unpaired) electrons. The number of rotatable bonds is 6. The van der Waals surface area contributed by atoms with E-state index in [0.29, 0.717) is 12.5 Å². The fraction of sp³-hybridized carbons (Fsp3) is 0.500. The van der Waals surface area contributed by atoms with E-state index in [-0.39, 0.29) is 11.6 Å². The van der Waals surface area contributed by atoms with Crippen LogP contribution in [-0.4, -0.2) is 34.3 Å². The van der Waals surface area contributed by atoms with Crippen LogP contribution in [0.2, 0.25) is 0 Å². The monoisotopic (exact) mass is 288 g/mol. The van der Waals surface area contributed by atoms with Crippen LogP contribution in [0.25, 0.3) is 11.0 Å². The normalized spacial score (nSPS) is 16.3. The number of nitrogens with zero attached hydrogens (tertiary/aromatic N) is 2. The van der Waals surface area contributed by atoms with E-state index in [1.807, 2.05) is 6.07 Å². The van der Waals surface area contributed by atoms with E-state index in [4.69, 9.17) is 14.8 Å². The van der Waals surface area contributed by atoms with Gasteiger partial charge >= 0.3 is 5.97 Å². The van der Waals surface area contributed by atoms with Gasteiger partial charge in [-0.15, -0.1) is 0 Å². The van der Waals surface area contributed by atoms with Gasteiger partial charge in [0.15, 0.2) is 0 Å². The van der Waals surface area contributed by atoms with E-state index in [1.165, 1.54) is 12.8 Å². The van der Waals surface area contributed by atoms with Crippen molar-refractivity contribution < 1.29 is 14.6 Å². The van der Waals surface area contributed by atoms with Crippen LogP contribution in [0, 0.1) is 0 Å². The minimum Gasteiger partial charge on any atom is -0.478 e. The first-order valence-electron chi connectivity index (χ1n) is 7.39. The lowest BCUT2D eigenvalue weighted by Crippen LogP contribution is -2.16. The maximum atomic E-state index is 11.1. The predicted molar refractivity (Wildman–Crippen MR) is 79.9 cm³/mol. The number of methoxy groups -OCH3 is 1. The van der Waals surface area contributed by atoms with Gasteiger partial charge in [-0.05, 0) is 37.5 Å². The van der Waals surface area contributed by atoms with Crippen LogP contribution >= 0.6 is 0 Å². The molecule has 1 aliphatic carbocycles. The molecule has 0 bridgehead atoms. The number of hydrogen-bond acceptors (Lipinski definition) is 3. The third-order valence-corrected chi connectivity index (χ3v) is 4.10. The number of benzene rings is 1. The third kappa shape index (κ3) is 2.53. The number of carboxylic acids is 1. The summed E-state index contributed by atoms with van der Waals surface area (Å²) in [7, 11) is 1.71. The Hall–Kier alpha value is -1.88. The fourth-order valence-electron chi connectivity index (χ4n) is 2.83. The van der Waals surface area contributed by atoms with E-state index in [2.05, 4.69) is 11.5 Å². The zero-order chi connectivity index (χ0) is 15.0. The predicted octanol–water partition coefficient (Wildman–Crippen LogP) is 3.21. The molecule has 1 aromatic heterocycles. The van der Waals surface area contributed by atoms with Gasteiger partial charge in [0.2, 0.25) is 0 Å². The van der Waals surface area contributed by atoms with Crippen LogP contribution in [0.15, 0.2) is 18.2 Å². The number of ether oxygens (including phenoxy) is 1. The van der Waals surface area contributed by atoms with Crippen LogP contribution in [0.5, 0.6) is 0 Å². The molecule has 1 fully saturated rings. The number of imidazole rings is 1. The number of carboxylic acid groups (broad SMARTS) is 1. The Morgan fingerprint density at radius 1 is 1.52 bits per heavy atom. The van der Waals surface area contributed by atoms with Crippen molar-refractivity contribution in [2.45, 2.75) is 38.1 Å². The molecular weight excluding hydrogens is 268 g/mol. The Labute approximate surface area is 123 Å². The van der Waals surface area contributed by atoms with E-state index in [1.54, 1.807) is 19.2 Å². The molecule has 21 heavy (non-hydrogen) atoms. The number of carbonyl (C=O) groups is 1. The summed E-state index contributed by atoms with van der Waals surface area (Å²) in [6, 6.07) is 5.43. The summed E-state index contributed by atoms with van der Waals surface area (Å²) in [4.78, 5) is 15.8. The Morgan fingerprint density at radius 2 is 2.29 bits per heavy atom. The zero-order valence-electron chi connectivity index (χ0n) is 12.4. The molecule has 0 aliphatic heterocycles. The van der Waals surface area contributed by atoms with Crippen molar-refractivity contribution in [3.05, 3.63) is 29.6 Å². The standard InChI is InChI=1S/C16H20N2O3/c1-3-12(9-21-2)18-14-7-6-11(16(19)20)8-13(14)17-15(18)10-4-5-10/h6-8,10,12H,3-5,9H2,1-2H3,(H,19,20). The van der Waals surface area contributed by atoms with Gasteiger partial charge in [0.05, 0.1) is 29.2 Å². The molecular formula is C16H20N2O3. The molecule has 1 unspecified atom stereocenters. The second-order valence-electron chi connectivity index (χ2n) is 5.64. The van der Waals surface area contributed by atoms with Crippen molar-refractivity contribution in [3.63, 3.8) is 0 Å². The molecule has 5 heteroatoms. The average Bonchev–Trinajstić information content (AvgIpc) is 3.25. The van der Waals surface area contributed by atoms with Crippen molar-refractivity contribution in [2.75, 3.05) is 13.7 Å². The fourth-order valence-corrected chi connectivity index (χ4v) is 2.83. The van der Waals surface area contributed by atoms with Gasteiger partial charge in [-0.1, -0.05) is 6.92 Å². The van der Waals surface area contributed by atoms with E-state index < -0.39 is 5.97 Å². The van der Waals surface area contributed by atoms with Crippen LogP contribution in [0.1, 0.15) is 54.3 Å². The van der Waals surface area contributed by atoms with Crippen LogP contribution < -0.4 is 0 Å². The number of fused-ring (bicyclic) bond motifs is 1. The molecule has 3 rings (SSSR count). The molecule has 112 valence electrons. The van der Waals surface area contributed by atoms with Gasteiger partial charge in [-0.3, -0.25) is 0 Å². The summed E-state index contributed by atoms with van der Waals surface area (Å²) in [5.74, 6) is 0.677. The van der Waals surface area contributed by atoms with Gasteiger partial charge in [0.25, 0.3) is 0 Å². The molecule has 1 atom stereocenters. The Balaban J connectivity index is 2.15. The summed E-state index contributed by atoms with van der Waals surface area (Å²) in [6.07, 6.45) is 3.29. The van der Waals surface area contributed by atoms with Crippen molar-refractivity contribution in [1.82, 2.24) is 9.55 Å². The summed E-state index contributed by atoms with van der Waals surface area (Å²) < 4.78 is 7.59. The molecule has 0 saturated heterocycles. The average molecular weight is 288 g/mol. The minimum atomic E-state index is -0.914. The molecule has 1 N–H and O–H groups in total. The Morgan fingerprint density at radius 3 is 2.86 bits per heavy atom.